The highest BCUT2D eigenvalue weighted by Gasteiger charge is 2.31. The first-order valence-corrected chi connectivity index (χ1v) is 3.13. The fourth-order valence-corrected chi connectivity index (χ4v) is 0.946. The Morgan fingerprint density at radius 3 is 3.00 bits per heavy atom. The van der Waals surface area contributed by atoms with Crippen molar-refractivity contribution in [2.24, 2.45) is 0 Å². The number of esters is 1. The largest absolute Gasteiger partial charge is 0.464 e. The van der Waals surface area contributed by atoms with Crippen LogP contribution in [-0.4, -0.2) is 30.1 Å². The SMILES string of the molecule is COC(=O)C1CCC(O)=[NH+]1. The normalized spacial score (nSPS) is 24.1. The van der Waals surface area contributed by atoms with Crippen molar-refractivity contribution in [2.45, 2.75) is 18.9 Å². The zero-order chi connectivity index (χ0) is 7.56. The van der Waals surface area contributed by atoms with E-state index in [1.165, 1.54) is 7.11 Å². The summed E-state index contributed by atoms with van der Waals surface area (Å²) < 4.78 is 4.46. The highest BCUT2D eigenvalue weighted by atomic mass is 16.5. The summed E-state index contributed by atoms with van der Waals surface area (Å²) in [5, 5.41) is 8.84. The van der Waals surface area contributed by atoms with Crippen LogP contribution in [-0.2, 0) is 9.53 Å². The number of aliphatic hydroxyl groups excluding tert-OH is 1. The molecule has 0 saturated heterocycles. The number of methoxy groups -OCH3 is 1. The van der Waals surface area contributed by atoms with Crippen molar-refractivity contribution in [3.8, 4) is 0 Å². The molecule has 1 atom stereocenters. The fourth-order valence-electron chi connectivity index (χ4n) is 0.946. The number of hydrogen-bond acceptors (Lipinski definition) is 2. The molecular weight excluding hydrogens is 134 g/mol. The molecule has 56 valence electrons. The molecule has 0 aliphatic carbocycles. The number of ether oxygens (including phenoxy) is 1. The lowest BCUT2D eigenvalue weighted by atomic mass is 10.2. The van der Waals surface area contributed by atoms with Crippen LogP contribution in [0.25, 0.3) is 0 Å². The summed E-state index contributed by atoms with van der Waals surface area (Å²) >= 11 is 0. The van der Waals surface area contributed by atoms with Crippen molar-refractivity contribution in [1.82, 2.24) is 0 Å². The molecule has 2 N–H and O–H groups in total. The lowest BCUT2D eigenvalue weighted by Gasteiger charge is -1.96. The van der Waals surface area contributed by atoms with Gasteiger partial charge >= 0.3 is 11.9 Å². The zero-order valence-corrected chi connectivity index (χ0v) is 5.76. The maximum Gasteiger partial charge on any atom is 0.375 e. The summed E-state index contributed by atoms with van der Waals surface area (Å²) in [5.41, 5.74) is 0. The van der Waals surface area contributed by atoms with Crippen LogP contribution in [0.15, 0.2) is 0 Å². The van der Waals surface area contributed by atoms with Crippen molar-refractivity contribution in [2.75, 3.05) is 7.11 Å². The van der Waals surface area contributed by atoms with E-state index >= 15 is 0 Å². The summed E-state index contributed by atoms with van der Waals surface area (Å²) in [6.45, 7) is 0. The minimum atomic E-state index is -0.343. The average molecular weight is 144 g/mol. The number of carbonyl (C=O) groups is 1. The molecule has 10 heavy (non-hydrogen) atoms. The van der Waals surface area contributed by atoms with Gasteiger partial charge in [-0.1, -0.05) is 0 Å². The average Bonchev–Trinajstić information content (AvgIpc) is 2.34. The van der Waals surface area contributed by atoms with Crippen molar-refractivity contribution in [3.05, 3.63) is 0 Å². The van der Waals surface area contributed by atoms with E-state index < -0.39 is 0 Å². The van der Waals surface area contributed by atoms with E-state index in [2.05, 4.69) is 9.73 Å². The van der Waals surface area contributed by atoms with Gasteiger partial charge in [-0.15, -0.1) is 0 Å². The van der Waals surface area contributed by atoms with E-state index in [9.17, 15) is 4.79 Å². The van der Waals surface area contributed by atoms with Gasteiger partial charge in [-0.25, -0.2) is 9.79 Å². The van der Waals surface area contributed by atoms with Gasteiger partial charge in [0.05, 0.1) is 13.5 Å². The molecule has 0 aromatic heterocycles. The number of aliphatic hydroxyl groups is 1. The number of nitrogens with one attached hydrogen (secondary N) is 1. The standard InChI is InChI=1S/C6H9NO3/c1-10-6(9)4-2-3-5(8)7-4/h4H,2-3H2,1H3,(H,7,8)/p+1. The summed E-state index contributed by atoms with van der Waals surface area (Å²) in [6.07, 6.45) is 1.16. The Hall–Kier alpha value is -1.06. The predicted molar refractivity (Wildman–Crippen MR) is 33.6 cm³/mol. The third-order valence-corrected chi connectivity index (χ3v) is 1.50. The van der Waals surface area contributed by atoms with Gasteiger partial charge in [0.1, 0.15) is 0 Å². The van der Waals surface area contributed by atoms with Gasteiger partial charge < -0.3 is 9.84 Å². The van der Waals surface area contributed by atoms with E-state index in [1.807, 2.05) is 0 Å². The van der Waals surface area contributed by atoms with Crippen LogP contribution in [0.4, 0.5) is 0 Å². The summed E-state index contributed by atoms with van der Waals surface area (Å²) in [7, 11) is 1.33. The van der Waals surface area contributed by atoms with E-state index in [-0.39, 0.29) is 17.9 Å². The van der Waals surface area contributed by atoms with Crippen LogP contribution in [0.1, 0.15) is 12.8 Å². The van der Waals surface area contributed by atoms with E-state index in [0.717, 1.165) is 0 Å². The molecule has 4 nitrogen and oxygen atoms in total. The number of rotatable bonds is 1. The maximum absolute atomic E-state index is 10.8. The second kappa shape index (κ2) is 2.68. The first-order chi connectivity index (χ1) is 4.74. The Morgan fingerprint density at radius 2 is 2.60 bits per heavy atom. The van der Waals surface area contributed by atoms with Gasteiger partial charge in [-0.05, 0) is 0 Å². The van der Waals surface area contributed by atoms with E-state index in [4.69, 9.17) is 5.11 Å². The highest BCUT2D eigenvalue weighted by molar-refractivity contribution is 5.78. The molecule has 0 fully saturated rings. The fraction of sp³-hybridized carbons (Fsp3) is 0.667. The van der Waals surface area contributed by atoms with Gasteiger partial charge in [-0.3, -0.25) is 0 Å². The first-order valence-electron chi connectivity index (χ1n) is 3.13. The Kier molecular flexibility index (Phi) is 1.89. The smallest absolute Gasteiger partial charge is 0.375 e. The molecule has 1 aliphatic heterocycles. The zero-order valence-electron chi connectivity index (χ0n) is 5.76. The maximum atomic E-state index is 10.8. The molecule has 0 bridgehead atoms. The van der Waals surface area contributed by atoms with Gasteiger partial charge in [0.15, 0.2) is 0 Å². The lowest BCUT2D eigenvalue weighted by molar-refractivity contribution is -0.488. The lowest BCUT2D eigenvalue weighted by Crippen LogP contribution is -2.78. The Balaban J connectivity index is 2.52. The molecule has 0 amide bonds. The van der Waals surface area contributed by atoms with Crippen LogP contribution in [0.2, 0.25) is 0 Å². The summed E-state index contributed by atoms with van der Waals surface area (Å²) in [6, 6.07) is -0.343. The number of hydrogen-bond donors (Lipinski definition) is 2. The molecule has 1 aliphatic rings. The molecule has 0 radical (unpaired) electrons. The predicted octanol–water partition coefficient (Wildman–Crippen LogP) is -1.64. The molecular formula is C6H10NO3+. The third kappa shape index (κ3) is 1.26. The Bertz CT molecular complexity index is 176. The van der Waals surface area contributed by atoms with E-state index in [1.54, 1.807) is 0 Å². The second-order valence-corrected chi connectivity index (χ2v) is 2.21. The topological polar surface area (TPSA) is 60.5 Å². The molecule has 0 spiro atoms. The van der Waals surface area contributed by atoms with Gasteiger partial charge in [0.25, 0.3) is 6.04 Å². The minimum absolute atomic E-state index is 0.176. The van der Waals surface area contributed by atoms with Crippen molar-refractivity contribution >= 4 is 11.9 Å². The Morgan fingerprint density at radius 1 is 1.90 bits per heavy atom. The summed E-state index contributed by atoms with van der Waals surface area (Å²) in [5.74, 6) is -0.139. The van der Waals surface area contributed by atoms with Crippen LogP contribution in [0.5, 0.6) is 0 Å². The molecule has 1 heterocycles. The monoisotopic (exact) mass is 144 g/mol. The van der Waals surface area contributed by atoms with Crippen molar-refractivity contribution in [1.29, 1.82) is 0 Å². The summed E-state index contributed by atoms with van der Waals surface area (Å²) in [4.78, 5) is 13.4. The van der Waals surface area contributed by atoms with Gasteiger partial charge in [0.2, 0.25) is 0 Å². The first kappa shape index (κ1) is 7.05. The third-order valence-electron chi connectivity index (χ3n) is 1.50. The molecule has 0 saturated carbocycles. The quantitative estimate of drug-likeness (QED) is 0.434. The molecule has 1 unspecified atom stereocenters. The van der Waals surface area contributed by atoms with E-state index in [0.29, 0.717) is 12.8 Å². The van der Waals surface area contributed by atoms with Gasteiger partial charge in [0, 0.05) is 6.42 Å². The molecule has 1 rings (SSSR count). The van der Waals surface area contributed by atoms with Crippen molar-refractivity contribution in [3.63, 3.8) is 0 Å². The van der Waals surface area contributed by atoms with Gasteiger partial charge in [-0.2, -0.15) is 0 Å². The molecule has 0 aromatic rings. The number of carbonyl (C=O) groups excluding carboxylic acids is 1. The second-order valence-electron chi connectivity index (χ2n) is 2.21. The van der Waals surface area contributed by atoms with Crippen LogP contribution in [0.3, 0.4) is 0 Å². The Labute approximate surface area is 58.5 Å². The minimum Gasteiger partial charge on any atom is -0.464 e. The van der Waals surface area contributed by atoms with Crippen LogP contribution in [0, 0.1) is 0 Å². The van der Waals surface area contributed by atoms with Crippen molar-refractivity contribution < 1.29 is 19.6 Å². The molecule has 0 aromatic carbocycles. The van der Waals surface area contributed by atoms with Crippen LogP contribution < -0.4 is 4.99 Å². The van der Waals surface area contributed by atoms with Crippen LogP contribution >= 0.6 is 0 Å². The molecule has 4 heteroatoms. The highest BCUT2D eigenvalue weighted by Crippen LogP contribution is 1.98.